The number of esters is 1. The number of ether oxygens (including phenoxy) is 2. The average molecular weight is 588 g/mol. The molecule has 0 aliphatic heterocycles. The zero-order valence-electron chi connectivity index (χ0n) is 22.4. The standard InChI is InChI=1S/C28H34N3O7PS/c1-3-37-26(32)20-30-39(34,25-12-8-5-9-13-25)27(24-16-14-22(2)15-17-24)31-40(35,36)19-18-29-28(33)38-21-23-10-6-4-7-11-23/h4-17,27,31H,3,18-21H2,1-2H3,(H,29,33)(H,30,34). The first-order chi connectivity index (χ1) is 19.1. The van der Waals surface area contributed by atoms with Crippen LogP contribution in [0.5, 0.6) is 0 Å². The van der Waals surface area contributed by atoms with Crippen molar-refractivity contribution in [2.45, 2.75) is 26.2 Å². The summed E-state index contributed by atoms with van der Waals surface area (Å²) in [5.41, 5.74) is 2.16. The fourth-order valence-electron chi connectivity index (χ4n) is 3.77. The Morgan fingerprint density at radius 1 is 0.900 bits per heavy atom. The number of nitrogens with one attached hydrogen (secondary N) is 3. The zero-order chi connectivity index (χ0) is 29.0. The van der Waals surface area contributed by atoms with Crippen molar-refractivity contribution in [3.63, 3.8) is 0 Å². The molecule has 0 saturated heterocycles. The van der Waals surface area contributed by atoms with Crippen molar-refractivity contribution in [2.75, 3.05) is 25.4 Å². The predicted molar refractivity (Wildman–Crippen MR) is 154 cm³/mol. The topological polar surface area (TPSA) is 140 Å². The van der Waals surface area contributed by atoms with Crippen LogP contribution in [0.1, 0.15) is 29.4 Å². The van der Waals surface area contributed by atoms with Gasteiger partial charge in [-0.2, -0.15) is 4.72 Å². The molecule has 0 spiro atoms. The Hall–Kier alpha value is -3.50. The molecule has 3 aromatic carbocycles. The van der Waals surface area contributed by atoms with E-state index in [4.69, 9.17) is 9.47 Å². The Morgan fingerprint density at radius 3 is 2.15 bits per heavy atom. The molecule has 0 bridgehead atoms. The van der Waals surface area contributed by atoms with Gasteiger partial charge in [0.1, 0.15) is 18.9 Å². The van der Waals surface area contributed by atoms with Gasteiger partial charge in [-0.3, -0.25) is 14.4 Å². The van der Waals surface area contributed by atoms with Gasteiger partial charge in [0.05, 0.1) is 12.4 Å². The van der Waals surface area contributed by atoms with Crippen molar-refractivity contribution in [3.05, 3.63) is 102 Å². The molecule has 0 aliphatic carbocycles. The highest BCUT2D eigenvalue weighted by Gasteiger charge is 2.39. The van der Waals surface area contributed by atoms with Gasteiger partial charge in [0.15, 0.2) is 7.29 Å². The van der Waals surface area contributed by atoms with Crippen molar-refractivity contribution in [1.82, 2.24) is 15.1 Å². The minimum atomic E-state index is -4.09. The number of alkyl carbamates (subject to hydrolysis) is 1. The van der Waals surface area contributed by atoms with E-state index >= 15 is 0 Å². The third kappa shape index (κ3) is 9.31. The molecule has 2 unspecified atom stereocenters. The van der Waals surface area contributed by atoms with Gasteiger partial charge in [0.25, 0.3) is 0 Å². The summed E-state index contributed by atoms with van der Waals surface area (Å²) in [7, 11) is -7.93. The summed E-state index contributed by atoms with van der Waals surface area (Å²) in [6, 6.07) is 24.3. The monoisotopic (exact) mass is 587 g/mol. The van der Waals surface area contributed by atoms with Crippen LogP contribution in [0.2, 0.25) is 0 Å². The maximum atomic E-state index is 14.7. The Labute approximate surface area is 235 Å². The highest BCUT2D eigenvalue weighted by Crippen LogP contribution is 2.53. The number of rotatable bonds is 14. The minimum absolute atomic E-state index is 0.0412. The second-order valence-electron chi connectivity index (χ2n) is 8.87. The van der Waals surface area contributed by atoms with Crippen LogP contribution < -0.4 is 20.4 Å². The van der Waals surface area contributed by atoms with Gasteiger partial charge in [-0.25, -0.2) is 13.2 Å². The Balaban J connectivity index is 1.79. The van der Waals surface area contributed by atoms with Crippen LogP contribution in [0.15, 0.2) is 84.9 Å². The molecule has 0 aromatic heterocycles. The van der Waals surface area contributed by atoms with Gasteiger partial charge in [-0.05, 0) is 25.0 Å². The molecule has 12 heteroatoms. The summed E-state index contributed by atoms with van der Waals surface area (Å²) in [6.07, 6.45) is -0.764. The highest BCUT2D eigenvalue weighted by molar-refractivity contribution is 7.90. The van der Waals surface area contributed by atoms with E-state index in [9.17, 15) is 22.6 Å². The van der Waals surface area contributed by atoms with E-state index in [0.717, 1.165) is 11.1 Å². The number of aryl methyl sites for hydroxylation is 1. The fourth-order valence-corrected chi connectivity index (χ4v) is 8.04. The largest absolute Gasteiger partial charge is 0.465 e. The summed E-state index contributed by atoms with van der Waals surface area (Å²) in [5, 5.41) is 5.56. The average Bonchev–Trinajstić information content (AvgIpc) is 2.95. The molecule has 0 radical (unpaired) electrons. The van der Waals surface area contributed by atoms with Gasteiger partial charge < -0.3 is 14.8 Å². The van der Waals surface area contributed by atoms with Crippen molar-refractivity contribution in [2.24, 2.45) is 0 Å². The molecule has 1 amide bonds. The van der Waals surface area contributed by atoms with Crippen LogP contribution in [0.4, 0.5) is 4.79 Å². The van der Waals surface area contributed by atoms with Crippen molar-refractivity contribution in [1.29, 1.82) is 0 Å². The number of amides is 1. The molecular formula is C28H34N3O7PS. The number of hydrogen-bond donors (Lipinski definition) is 3. The molecule has 3 N–H and O–H groups in total. The lowest BCUT2D eigenvalue weighted by molar-refractivity contribution is -0.141. The lowest BCUT2D eigenvalue weighted by Gasteiger charge is -2.30. The van der Waals surface area contributed by atoms with Gasteiger partial charge in [0.2, 0.25) is 10.0 Å². The van der Waals surface area contributed by atoms with Crippen LogP contribution in [0.25, 0.3) is 0 Å². The van der Waals surface area contributed by atoms with Gasteiger partial charge in [0, 0.05) is 11.8 Å². The first-order valence-corrected chi connectivity index (χ1v) is 16.1. The number of carbonyl (C=O) groups excluding carboxylic acids is 2. The van der Waals surface area contributed by atoms with E-state index in [-0.39, 0.29) is 26.3 Å². The summed E-state index contributed by atoms with van der Waals surface area (Å²) < 4.78 is 53.8. The lowest BCUT2D eigenvalue weighted by atomic mass is 10.1. The van der Waals surface area contributed by atoms with E-state index < -0.39 is 40.9 Å². The van der Waals surface area contributed by atoms with Crippen LogP contribution in [0, 0.1) is 6.92 Å². The summed E-state index contributed by atoms with van der Waals surface area (Å²) in [6.45, 7) is 3.09. The zero-order valence-corrected chi connectivity index (χ0v) is 24.1. The SMILES string of the molecule is CCOC(=O)CNP(=O)(c1ccccc1)C(NS(=O)(=O)CCNC(=O)OCc1ccccc1)c1ccc(C)cc1. The Kier molecular flexibility index (Phi) is 11.5. The summed E-state index contributed by atoms with van der Waals surface area (Å²) in [4.78, 5) is 24.2. The van der Waals surface area contributed by atoms with E-state index in [0.29, 0.717) is 10.9 Å². The molecule has 3 aromatic rings. The second-order valence-corrected chi connectivity index (χ2v) is 13.4. The smallest absolute Gasteiger partial charge is 0.407 e. The molecule has 2 atom stereocenters. The first kappa shape index (κ1) is 31.0. The third-order valence-electron chi connectivity index (χ3n) is 5.80. The van der Waals surface area contributed by atoms with Crippen LogP contribution in [-0.2, 0) is 35.5 Å². The second kappa shape index (κ2) is 14.8. The van der Waals surface area contributed by atoms with E-state index in [1.54, 1.807) is 73.7 Å². The van der Waals surface area contributed by atoms with Gasteiger partial charge in [-0.1, -0.05) is 90.5 Å². The number of benzene rings is 3. The molecule has 0 aliphatic rings. The van der Waals surface area contributed by atoms with Crippen LogP contribution in [0.3, 0.4) is 0 Å². The molecule has 0 saturated carbocycles. The molecule has 0 fully saturated rings. The van der Waals surface area contributed by atoms with E-state index in [1.165, 1.54) is 0 Å². The third-order valence-corrected chi connectivity index (χ3v) is 10.2. The van der Waals surface area contributed by atoms with Gasteiger partial charge in [-0.15, -0.1) is 0 Å². The highest BCUT2D eigenvalue weighted by atomic mass is 32.2. The number of sulfonamides is 1. The maximum absolute atomic E-state index is 14.7. The minimum Gasteiger partial charge on any atom is -0.465 e. The number of hydrogen-bond acceptors (Lipinski definition) is 7. The molecule has 40 heavy (non-hydrogen) atoms. The lowest BCUT2D eigenvalue weighted by Crippen LogP contribution is -2.40. The van der Waals surface area contributed by atoms with Crippen molar-refractivity contribution in [3.8, 4) is 0 Å². The van der Waals surface area contributed by atoms with Crippen LogP contribution >= 0.6 is 7.29 Å². The Bertz CT molecular complexity index is 1400. The quantitative estimate of drug-likeness (QED) is 0.192. The van der Waals surface area contributed by atoms with Crippen LogP contribution in [-0.4, -0.2) is 45.9 Å². The van der Waals surface area contributed by atoms with Gasteiger partial charge >= 0.3 is 12.1 Å². The van der Waals surface area contributed by atoms with E-state index in [1.807, 2.05) is 25.1 Å². The predicted octanol–water partition coefficient (Wildman–Crippen LogP) is 3.60. The maximum Gasteiger partial charge on any atom is 0.407 e. The molecule has 0 heterocycles. The normalized spacial score (nSPS) is 13.6. The first-order valence-electron chi connectivity index (χ1n) is 12.7. The van der Waals surface area contributed by atoms with E-state index in [2.05, 4.69) is 15.1 Å². The number of carbonyl (C=O) groups is 2. The van der Waals surface area contributed by atoms with Crippen molar-refractivity contribution < 1.29 is 32.0 Å². The van der Waals surface area contributed by atoms with Crippen molar-refractivity contribution >= 4 is 34.7 Å². The Morgan fingerprint density at radius 2 is 1.52 bits per heavy atom. The molecular weight excluding hydrogens is 553 g/mol. The summed E-state index contributed by atoms with van der Waals surface area (Å²) in [5.74, 6) is -2.37. The summed E-state index contributed by atoms with van der Waals surface area (Å²) >= 11 is 0. The molecule has 10 nitrogen and oxygen atoms in total. The molecule has 3 rings (SSSR count). The fraction of sp³-hybridized carbons (Fsp3) is 0.286. The molecule has 214 valence electrons.